The Morgan fingerprint density at radius 1 is 1.64 bits per heavy atom. The average Bonchev–Trinajstić information content (AvgIpc) is 2.67. The van der Waals surface area contributed by atoms with E-state index in [-0.39, 0.29) is 18.9 Å². The second-order valence-electron chi connectivity index (χ2n) is 3.12. The van der Waals surface area contributed by atoms with Crippen molar-refractivity contribution in [3.8, 4) is 0 Å². The molecule has 0 atom stereocenters. The lowest BCUT2D eigenvalue weighted by Gasteiger charge is -2.15. The summed E-state index contributed by atoms with van der Waals surface area (Å²) in [5.74, 6) is 0.00376. The highest BCUT2D eigenvalue weighted by Gasteiger charge is 2.07. The summed E-state index contributed by atoms with van der Waals surface area (Å²) >= 11 is 1.70. The highest BCUT2D eigenvalue weighted by Crippen LogP contribution is 2.09. The van der Waals surface area contributed by atoms with Crippen LogP contribution in [0, 0.1) is 0 Å². The zero-order valence-corrected chi connectivity index (χ0v) is 9.09. The summed E-state index contributed by atoms with van der Waals surface area (Å²) in [6, 6.07) is 4.07. The quantitative estimate of drug-likeness (QED) is 0.796. The van der Waals surface area contributed by atoms with Gasteiger partial charge in [-0.15, -0.1) is 11.3 Å². The number of rotatable bonds is 5. The van der Waals surface area contributed by atoms with Crippen molar-refractivity contribution in [2.45, 2.75) is 12.8 Å². The van der Waals surface area contributed by atoms with Crippen LogP contribution >= 0.6 is 11.3 Å². The fourth-order valence-electron chi connectivity index (χ4n) is 1.14. The SMILES string of the molecule is CN(CCc1cccs1)C(=O)CCO. The minimum atomic E-state index is -0.0673. The minimum absolute atomic E-state index is 0.00376. The topological polar surface area (TPSA) is 40.5 Å². The molecule has 0 aromatic carbocycles. The average molecular weight is 213 g/mol. The van der Waals surface area contributed by atoms with Gasteiger partial charge in [-0.2, -0.15) is 0 Å². The fourth-order valence-corrected chi connectivity index (χ4v) is 1.84. The van der Waals surface area contributed by atoms with Gasteiger partial charge in [0.15, 0.2) is 0 Å². The fraction of sp³-hybridized carbons (Fsp3) is 0.500. The van der Waals surface area contributed by atoms with Crippen molar-refractivity contribution in [3.05, 3.63) is 22.4 Å². The number of nitrogens with zero attached hydrogens (tertiary/aromatic N) is 1. The highest BCUT2D eigenvalue weighted by molar-refractivity contribution is 7.09. The third kappa shape index (κ3) is 3.47. The third-order valence-corrected chi connectivity index (χ3v) is 2.96. The predicted octanol–water partition coefficient (Wildman–Crippen LogP) is 1.13. The van der Waals surface area contributed by atoms with Crippen LogP contribution in [-0.4, -0.2) is 36.1 Å². The summed E-state index contributed by atoms with van der Waals surface area (Å²) in [5, 5.41) is 10.6. The van der Waals surface area contributed by atoms with E-state index in [1.165, 1.54) is 4.88 Å². The van der Waals surface area contributed by atoms with E-state index in [2.05, 4.69) is 6.07 Å². The Morgan fingerprint density at radius 3 is 3.00 bits per heavy atom. The third-order valence-electron chi connectivity index (χ3n) is 2.03. The van der Waals surface area contributed by atoms with Crippen molar-refractivity contribution < 1.29 is 9.90 Å². The number of likely N-dealkylation sites (N-methyl/N-ethyl adjacent to an activating group) is 1. The Bertz CT molecular complexity index is 272. The van der Waals surface area contributed by atoms with Gasteiger partial charge in [-0.1, -0.05) is 6.07 Å². The molecule has 0 saturated heterocycles. The van der Waals surface area contributed by atoms with Crippen molar-refractivity contribution in [2.24, 2.45) is 0 Å². The molecule has 0 aliphatic carbocycles. The van der Waals surface area contributed by atoms with Crippen LogP contribution in [0.5, 0.6) is 0 Å². The van der Waals surface area contributed by atoms with Crippen molar-refractivity contribution in [1.82, 2.24) is 4.90 Å². The van der Waals surface area contributed by atoms with Crippen LogP contribution in [-0.2, 0) is 11.2 Å². The van der Waals surface area contributed by atoms with Crippen LogP contribution in [0.4, 0.5) is 0 Å². The number of aliphatic hydroxyl groups excluding tert-OH is 1. The van der Waals surface area contributed by atoms with Gasteiger partial charge in [-0.3, -0.25) is 4.79 Å². The molecular weight excluding hydrogens is 198 g/mol. The first-order valence-corrected chi connectivity index (χ1v) is 5.49. The van der Waals surface area contributed by atoms with E-state index in [0.717, 1.165) is 13.0 Å². The molecule has 3 nitrogen and oxygen atoms in total. The van der Waals surface area contributed by atoms with E-state index in [4.69, 9.17) is 5.11 Å². The zero-order chi connectivity index (χ0) is 10.4. The van der Waals surface area contributed by atoms with Gasteiger partial charge in [0.1, 0.15) is 0 Å². The molecule has 14 heavy (non-hydrogen) atoms. The van der Waals surface area contributed by atoms with Crippen molar-refractivity contribution in [2.75, 3.05) is 20.2 Å². The number of hydrogen-bond donors (Lipinski definition) is 1. The first-order chi connectivity index (χ1) is 6.74. The number of hydrogen-bond acceptors (Lipinski definition) is 3. The molecule has 1 heterocycles. The summed E-state index contributed by atoms with van der Waals surface area (Å²) in [4.78, 5) is 14.2. The van der Waals surface area contributed by atoms with E-state index in [1.54, 1.807) is 23.3 Å². The Balaban J connectivity index is 2.27. The standard InChI is InChI=1S/C10H15NO2S/c1-11(10(13)5-7-12)6-4-9-3-2-8-14-9/h2-3,8,12H,4-7H2,1H3. The second-order valence-corrected chi connectivity index (χ2v) is 4.15. The number of thiophene rings is 1. The maximum atomic E-state index is 11.3. The molecular formula is C10H15NO2S. The normalized spacial score (nSPS) is 10.1. The Morgan fingerprint density at radius 2 is 2.43 bits per heavy atom. The molecule has 0 saturated carbocycles. The molecule has 0 bridgehead atoms. The van der Waals surface area contributed by atoms with Crippen molar-refractivity contribution in [1.29, 1.82) is 0 Å². The molecule has 0 aliphatic rings. The highest BCUT2D eigenvalue weighted by atomic mass is 32.1. The monoisotopic (exact) mass is 213 g/mol. The summed E-state index contributed by atoms with van der Waals surface area (Å²) in [7, 11) is 1.77. The van der Waals surface area contributed by atoms with E-state index in [1.807, 2.05) is 11.4 Å². The molecule has 1 amide bonds. The van der Waals surface area contributed by atoms with E-state index < -0.39 is 0 Å². The van der Waals surface area contributed by atoms with E-state index in [0.29, 0.717) is 0 Å². The Labute approximate surface area is 88.0 Å². The molecule has 1 aromatic rings. The van der Waals surface area contributed by atoms with Gasteiger partial charge in [0, 0.05) is 24.9 Å². The molecule has 0 unspecified atom stereocenters. The number of carbonyl (C=O) groups excluding carboxylic acids is 1. The molecule has 78 valence electrons. The number of carbonyl (C=O) groups is 1. The lowest BCUT2D eigenvalue weighted by atomic mass is 10.3. The van der Waals surface area contributed by atoms with Crippen LogP contribution in [0.3, 0.4) is 0 Å². The van der Waals surface area contributed by atoms with Gasteiger partial charge in [0.05, 0.1) is 6.61 Å². The Kier molecular flexibility index (Phi) is 4.62. The smallest absolute Gasteiger partial charge is 0.224 e. The zero-order valence-electron chi connectivity index (χ0n) is 8.27. The van der Waals surface area contributed by atoms with Gasteiger partial charge >= 0.3 is 0 Å². The summed E-state index contributed by atoms with van der Waals surface area (Å²) < 4.78 is 0. The van der Waals surface area contributed by atoms with Crippen molar-refractivity contribution >= 4 is 17.2 Å². The van der Waals surface area contributed by atoms with Crippen molar-refractivity contribution in [3.63, 3.8) is 0 Å². The Hall–Kier alpha value is -0.870. The summed E-state index contributed by atoms with van der Waals surface area (Å²) in [6.45, 7) is 0.654. The molecule has 0 aliphatic heterocycles. The van der Waals surface area contributed by atoms with Gasteiger partial charge in [0.2, 0.25) is 5.91 Å². The maximum Gasteiger partial charge on any atom is 0.224 e. The van der Waals surface area contributed by atoms with E-state index in [9.17, 15) is 4.79 Å². The lowest BCUT2D eigenvalue weighted by Crippen LogP contribution is -2.29. The van der Waals surface area contributed by atoms with Crippen LogP contribution in [0.15, 0.2) is 17.5 Å². The molecule has 1 rings (SSSR count). The van der Waals surface area contributed by atoms with Crippen LogP contribution < -0.4 is 0 Å². The van der Waals surface area contributed by atoms with Gasteiger partial charge < -0.3 is 10.0 Å². The lowest BCUT2D eigenvalue weighted by molar-refractivity contribution is -0.130. The number of amides is 1. The maximum absolute atomic E-state index is 11.3. The number of aliphatic hydroxyl groups is 1. The van der Waals surface area contributed by atoms with Gasteiger partial charge in [0.25, 0.3) is 0 Å². The summed E-state index contributed by atoms with van der Waals surface area (Å²) in [5.41, 5.74) is 0. The molecule has 1 N–H and O–H groups in total. The molecule has 0 radical (unpaired) electrons. The predicted molar refractivity (Wildman–Crippen MR) is 57.4 cm³/mol. The van der Waals surface area contributed by atoms with Gasteiger partial charge in [-0.05, 0) is 17.9 Å². The first-order valence-electron chi connectivity index (χ1n) is 4.61. The first kappa shape index (κ1) is 11.2. The van der Waals surface area contributed by atoms with E-state index >= 15 is 0 Å². The van der Waals surface area contributed by atoms with Crippen LogP contribution in [0.25, 0.3) is 0 Å². The molecule has 4 heteroatoms. The molecule has 0 fully saturated rings. The summed E-state index contributed by atoms with van der Waals surface area (Å²) in [6.07, 6.45) is 1.12. The molecule has 0 spiro atoms. The minimum Gasteiger partial charge on any atom is -0.396 e. The largest absolute Gasteiger partial charge is 0.396 e. The van der Waals surface area contributed by atoms with Gasteiger partial charge in [-0.25, -0.2) is 0 Å². The second kappa shape index (κ2) is 5.78. The molecule has 1 aromatic heterocycles. The van der Waals surface area contributed by atoms with Crippen LogP contribution in [0.2, 0.25) is 0 Å². The van der Waals surface area contributed by atoms with Crippen LogP contribution in [0.1, 0.15) is 11.3 Å².